The number of rotatable bonds is 3. The minimum atomic E-state index is -4.41. The van der Waals surface area contributed by atoms with E-state index in [1.54, 1.807) is 0 Å². The molecule has 2 aliphatic rings. The SMILES string of the molecule is CC1CC(C(=O)NC2(C(F)(F)F)CC2)(C(N)=S)C1. The predicted octanol–water partition coefficient (Wildman–Crippen LogP) is 1.90. The second kappa shape index (κ2) is 3.82. The van der Waals surface area contributed by atoms with Crippen molar-refractivity contribution < 1.29 is 18.0 Å². The van der Waals surface area contributed by atoms with Gasteiger partial charge in [0.25, 0.3) is 0 Å². The number of hydrogen-bond donors (Lipinski definition) is 2. The highest BCUT2D eigenvalue weighted by molar-refractivity contribution is 7.80. The summed E-state index contributed by atoms with van der Waals surface area (Å²) in [4.78, 5) is 12.1. The third-order valence-corrected chi connectivity index (χ3v) is 4.34. The molecule has 0 saturated heterocycles. The van der Waals surface area contributed by atoms with Crippen LogP contribution in [-0.4, -0.2) is 22.6 Å². The van der Waals surface area contributed by atoms with Crippen LogP contribution in [0.15, 0.2) is 0 Å². The number of carbonyl (C=O) groups is 1. The summed E-state index contributed by atoms with van der Waals surface area (Å²) in [5, 5.41) is 2.12. The highest BCUT2D eigenvalue weighted by atomic mass is 32.1. The van der Waals surface area contributed by atoms with Crippen molar-refractivity contribution in [1.29, 1.82) is 0 Å². The van der Waals surface area contributed by atoms with Crippen LogP contribution in [0.3, 0.4) is 0 Å². The van der Waals surface area contributed by atoms with Gasteiger partial charge in [0.1, 0.15) is 5.54 Å². The van der Waals surface area contributed by atoms with E-state index in [1.807, 2.05) is 6.92 Å². The highest BCUT2D eigenvalue weighted by Gasteiger charge is 2.66. The van der Waals surface area contributed by atoms with E-state index in [2.05, 4.69) is 5.32 Å². The van der Waals surface area contributed by atoms with E-state index in [-0.39, 0.29) is 23.7 Å². The van der Waals surface area contributed by atoms with E-state index in [1.165, 1.54) is 0 Å². The van der Waals surface area contributed by atoms with Crippen molar-refractivity contribution in [3.05, 3.63) is 0 Å². The fraction of sp³-hybridized carbons (Fsp3) is 0.818. The van der Waals surface area contributed by atoms with Crippen molar-refractivity contribution in [2.24, 2.45) is 17.1 Å². The van der Waals surface area contributed by atoms with Gasteiger partial charge in [-0.2, -0.15) is 13.2 Å². The third kappa shape index (κ3) is 1.88. The minimum Gasteiger partial charge on any atom is -0.392 e. The van der Waals surface area contributed by atoms with Gasteiger partial charge in [0.05, 0.1) is 10.4 Å². The first-order valence-corrected chi connectivity index (χ1v) is 6.23. The first kappa shape index (κ1) is 13.6. The summed E-state index contributed by atoms with van der Waals surface area (Å²) in [5.41, 5.74) is 2.42. The molecule has 3 N–H and O–H groups in total. The summed E-state index contributed by atoms with van der Waals surface area (Å²) in [5.74, 6) is -0.402. The molecule has 0 aromatic heterocycles. The Morgan fingerprint density at radius 1 is 1.39 bits per heavy atom. The summed E-state index contributed by atoms with van der Waals surface area (Å²) in [6.07, 6.45) is -3.67. The Kier molecular flexibility index (Phi) is 2.88. The number of thiocarbonyl (C=S) groups is 1. The zero-order valence-corrected chi connectivity index (χ0v) is 10.8. The molecule has 0 aliphatic heterocycles. The van der Waals surface area contributed by atoms with E-state index >= 15 is 0 Å². The molecule has 3 nitrogen and oxygen atoms in total. The first-order valence-electron chi connectivity index (χ1n) is 5.82. The Balaban J connectivity index is 2.11. The molecule has 102 valence electrons. The number of hydrogen-bond acceptors (Lipinski definition) is 2. The van der Waals surface area contributed by atoms with Gasteiger partial charge in [0.2, 0.25) is 5.91 Å². The van der Waals surface area contributed by atoms with E-state index in [0.29, 0.717) is 12.8 Å². The number of amides is 1. The molecule has 0 spiro atoms. The predicted molar refractivity (Wildman–Crippen MR) is 63.8 cm³/mol. The summed E-state index contributed by atoms with van der Waals surface area (Å²) >= 11 is 4.85. The average molecular weight is 280 g/mol. The smallest absolute Gasteiger partial charge is 0.392 e. The van der Waals surface area contributed by atoms with Crippen LogP contribution < -0.4 is 11.1 Å². The van der Waals surface area contributed by atoms with Gasteiger partial charge in [-0.3, -0.25) is 4.79 Å². The van der Waals surface area contributed by atoms with Gasteiger partial charge in [0.15, 0.2) is 0 Å². The van der Waals surface area contributed by atoms with E-state index in [9.17, 15) is 18.0 Å². The summed E-state index contributed by atoms with van der Waals surface area (Å²) in [6.45, 7) is 1.92. The van der Waals surface area contributed by atoms with Crippen LogP contribution in [0.4, 0.5) is 13.2 Å². The molecule has 0 atom stereocenters. The maximum Gasteiger partial charge on any atom is 0.411 e. The van der Waals surface area contributed by atoms with Crippen molar-refractivity contribution in [3.63, 3.8) is 0 Å². The van der Waals surface area contributed by atoms with Gasteiger partial charge in [0, 0.05) is 0 Å². The monoisotopic (exact) mass is 280 g/mol. The van der Waals surface area contributed by atoms with Crippen LogP contribution in [0, 0.1) is 11.3 Å². The maximum absolute atomic E-state index is 12.8. The quantitative estimate of drug-likeness (QED) is 0.776. The lowest BCUT2D eigenvalue weighted by molar-refractivity contribution is -0.173. The Hall–Kier alpha value is -0.850. The molecule has 2 rings (SSSR count). The summed E-state index contributed by atoms with van der Waals surface area (Å²) < 4.78 is 38.3. The number of carbonyl (C=O) groups excluding carboxylic acids is 1. The molecule has 2 aliphatic carbocycles. The van der Waals surface area contributed by atoms with Crippen LogP contribution in [0.5, 0.6) is 0 Å². The molecule has 2 fully saturated rings. The van der Waals surface area contributed by atoms with E-state index in [0.717, 1.165) is 0 Å². The maximum atomic E-state index is 12.8. The van der Waals surface area contributed by atoms with E-state index in [4.69, 9.17) is 18.0 Å². The molecule has 7 heteroatoms. The van der Waals surface area contributed by atoms with Gasteiger partial charge >= 0.3 is 6.18 Å². The Morgan fingerprint density at radius 2 is 1.89 bits per heavy atom. The molecule has 0 aromatic carbocycles. The zero-order chi connectivity index (χ0) is 13.8. The first-order chi connectivity index (χ1) is 8.13. The van der Waals surface area contributed by atoms with Crippen LogP contribution in [0.1, 0.15) is 32.6 Å². The second-order valence-corrected chi connectivity index (χ2v) is 5.93. The Morgan fingerprint density at radius 3 is 2.17 bits per heavy atom. The summed E-state index contributed by atoms with van der Waals surface area (Å²) in [6, 6.07) is 0. The second-order valence-electron chi connectivity index (χ2n) is 5.49. The van der Waals surface area contributed by atoms with Crippen molar-refractivity contribution in [2.45, 2.75) is 44.3 Å². The van der Waals surface area contributed by atoms with Crippen molar-refractivity contribution >= 4 is 23.1 Å². The highest BCUT2D eigenvalue weighted by Crippen LogP contribution is 2.52. The molecule has 0 radical (unpaired) electrons. The van der Waals surface area contributed by atoms with Gasteiger partial charge in [-0.05, 0) is 31.6 Å². The summed E-state index contributed by atoms with van der Waals surface area (Å²) in [7, 11) is 0. The number of alkyl halides is 3. The van der Waals surface area contributed by atoms with Crippen LogP contribution >= 0.6 is 12.2 Å². The molecule has 0 unspecified atom stereocenters. The van der Waals surface area contributed by atoms with Crippen LogP contribution in [-0.2, 0) is 4.79 Å². The largest absolute Gasteiger partial charge is 0.411 e. The third-order valence-electron chi connectivity index (χ3n) is 3.95. The zero-order valence-electron chi connectivity index (χ0n) is 9.93. The number of nitrogens with two attached hydrogens (primary N) is 1. The molecule has 0 aromatic rings. The van der Waals surface area contributed by atoms with Gasteiger partial charge in [-0.15, -0.1) is 0 Å². The molecule has 18 heavy (non-hydrogen) atoms. The van der Waals surface area contributed by atoms with Gasteiger partial charge in [-0.1, -0.05) is 19.1 Å². The molecule has 0 heterocycles. The van der Waals surface area contributed by atoms with Gasteiger partial charge in [-0.25, -0.2) is 0 Å². The number of nitrogens with one attached hydrogen (secondary N) is 1. The van der Waals surface area contributed by atoms with Crippen LogP contribution in [0.25, 0.3) is 0 Å². The molecule has 1 amide bonds. The van der Waals surface area contributed by atoms with E-state index < -0.39 is 23.0 Å². The molecular weight excluding hydrogens is 265 g/mol. The fourth-order valence-electron chi connectivity index (χ4n) is 2.57. The molecule has 0 bridgehead atoms. The Bertz CT molecular complexity index is 398. The standard InChI is InChI=1S/C11H15F3N2OS/c1-6-4-9(5-6,7(15)18)8(17)16-10(2-3-10)11(12,13)14/h6H,2-5H2,1H3,(H2,15,18)(H,16,17). The molecular formula is C11H15F3N2OS. The number of halogens is 3. The normalized spacial score (nSPS) is 33.4. The average Bonchev–Trinajstić information content (AvgIpc) is 2.91. The topological polar surface area (TPSA) is 55.1 Å². The lowest BCUT2D eigenvalue weighted by Crippen LogP contribution is -2.60. The lowest BCUT2D eigenvalue weighted by Gasteiger charge is -2.44. The van der Waals surface area contributed by atoms with Crippen molar-refractivity contribution in [2.75, 3.05) is 0 Å². The Labute approximate surface area is 108 Å². The van der Waals surface area contributed by atoms with Crippen molar-refractivity contribution in [3.8, 4) is 0 Å². The van der Waals surface area contributed by atoms with Crippen molar-refractivity contribution in [1.82, 2.24) is 5.32 Å². The van der Waals surface area contributed by atoms with Gasteiger partial charge < -0.3 is 11.1 Å². The fourth-order valence-corrected chi connectivity index (χ4v) is 2.83. The minimum absolute atomic E-state index is 0.00363. The lowest BCUT2D eigenvalue weighted by atomic mass is 9.62. The van der Waals surface area contributed by atoms with Crippen LogP contribution in [0.2, 0.25) is 0 Å². The molecule has 2 saturated carbocycles.